The van der Waals surface area contributed by atoms with Crippen LogP contribution in [0.25, 0.3) is 6.08 Å². The number of Topliss-reactive ketones (excluding diaryl/α,β-unsaturated/α-hetero) is 1. The third-order valence-corrected chi connectivity index (χ3v) is 5.48. The zero-order valence-corrected chi connectivity index (χ0v) is 14.0. The summed E-state index contributed by atoms with van der Waals surface area (Å²) in [5.41, 5.74) is 1.54. The molecular weight excluding hydrogens is 304 g/mol. The number of carbonyl (C=O) groups excluding carboxylic acids is 3. The van der Waals surface area contributed by atoms with Gasteiger partial charge in [-0.05, 0) is 11.6 Å². The highest BCUT2D eigenvalue weighted by atomic mass is 16.2. The van der Waals surface area contributed by atoms with E-state index in [4.69, 9.17) is 0 Å². The predicted molar refractivity (Wildman–Crippen MR) is 87.6 cm³/mol. The molecule has 0 aromatic heterocycles. The molecule has 4 rings (SSSR count). The molecule has 2 saturated heterocycles. The van der Waals surface area contributed by atoms with Crippen molar-refractivity contribution in [2.75, 3.05) is 0 Å². The zero-order valence-electron chi connectivity index (χ0n) is 14.0. The van der Waals surface area contributed by atoms with Crippen molar-refractivity contribution in [1.29, 1.82) is 0 Å². The standard InChI is InChI=1S/C19H20N2O3/c1-19(2,3)16(22)15-13-12(17(23)20-18(13)24)14-11-7-5-4-6-10(11)8-9-21(14)15/h4-9,12-15H,1-3H3,(H,20,23,24)/p+1/t12-,13+,14+,15+/m0/s1. The average Bonchev–Trinajstić information content (AvgIpc) is 3.01. The molecule has 3 heterocycles. The molecule has 124 valence electrons. The Morgan fingerprint density at radius 2 is 1.75 bits per heavy atom. The van der Waals surface area contributed by atoms with Crippen molar-refractivity contribution in [3.63, 3.8) is 0 Å². The minimum absolute atomic E-state index is 0.0314. The van der Waals surface area contributed by atoms with Gasteiger partial charge in [0, 0.05) is 11.0 Å². The Kier molecular flexibility index (Phi) is 3.09. The summed E-state index contributed by atoms with van der Waals surface area (Å²) < 4.78 is 0. The van der Waals surface area contributed by atoms with Crippen molar-refractivity contribution < 1.29 is 19.3 Å². The van der Waals surface area contributed by atoms with Crippen LogP contribution in [0, 0.1) is 17.3 Å². The van der Waals surface area contributed by atoms with E-state index >= 15 is 0 Å². The molecule has 5 atom stereocenters. The smallest absolute Gasteiger partial charge is 0.237 e. The number of hydrogen-bond donors (Lipinski definition) is 2. The molecule has 0 spiro atoms. The lowest BCUT2D eigenvalue weighted by atomic mass is 9.79. The number of imide groups is 1. The number of fused-ring (bicyclic) bond motifs is 5. The number of benzene rings is 1. The van der Waals surface area contributed by atoms with Crippen molar-refractivity contribution in [2.24, 2.45) is 17.3 Å². The van der Waals surface area contributed by atoms with Crippen molar-refractivity contribution in [1.82, 2.24) is 5.32 Å². The van der Waals surface area contributed by atoms with Gasteiger partial charge in [-0.3, -0.25) is 24.6 Å². The van der Waals surface area contributed by atoms with Crippen LogP contribution in [0.5, 0.6) is 0 Å². The monoisotopic (exact) mass is 325 g/mol. The van der Waals surface area contributed by atoms with Gasteiger partial charge in [-0.2, -0.15) is 0 Å². The lowest BCUT2D eigenvalue weighted by molar-refractivity contribution is -0.885. The van der Waals surface area contributed by atoms with Crippen molar-refractivity contribution in [2.45, 2.75) is 32.9 Å². The molecule has 0 radical (unpaired) electrons. The number of hydrogen-bond acceptors (Lipinski definition) is 3. The maximum Gasteiger partial charge on any atom is 0.237 e. The molecule has 3 aliphatic heterocycles. The Bertz CT molecular complexity index is 790. The van der Waals surface area contributed by atoms with Gasteiger partial charge in [0.25, 0.3) is 0 Å². The zero-order chi connectivity index (χ0) is 17.2. The summed E-state index contributed by atoms with van der Waals surface area (Å²) in [6.07, 6.45) is 3.95. The van der Waals surface area contributed by atoms with Crippen LogP contribution >= 0.6 is 0 Å². The fraction of sp³-hybridized carbons (Fsp3) is 0.421. The third-order valence-electron chi connectivity index (χ3n) is 5.48. The van der Waals surface area contributed by atoms with E-state index in [1.807, 2.05) is 57.3 Å². The quantitative estimate of drug-likeness (QED) is 0.738. The molecule has 0 bridgehead atoms. The van der Waals surface area contributed by atoms with Gasteiger partial charge in [-0.25, -0.2) is 0 Å². The van der Waals surface area contributed by atoms with Gasteiger partial charge >= 0.3 is 0 Å². The minimum atomic E-state index is -0.583. The molecule has 5 heteroatoms. The molecular formula is C19H21N2O3+. The topological polar surface area (TPSA) is 67.7 Å². The first-order chi connectivity index (χ1) is 11.3. The third kappa shape index (κ3) is 1.94. The number of quaternary nitrogens is 1. The molecule has 2 N–H and O–H groups in total. The molecule has 1 aromatic rings. The molecule has 5 nitrogen and oxygen atoms in total. The van der Waals surface area contributed by atoms with E-state index < -0.39 is 23.3 Å². The van der Waals surface area contributed by atoms with Gasteiger partial charge in [0.2, 0.25) is 11.8 Å². The second-order valence-corrected chi connectivity index (χ2v) is 7.94. The number of ketones is 1. The van der Waals surface area contributed by atoms with E-state index in [1.165, 1.54) is 0 Å². The SMILES string of the molecule is CC(C)(C)C(=O)[C@H]1[C@@H]2C(=O)NC(=O)[C@@H]2[C@H]2c3ccccc3C=C[NH+]21. The minimum Gasteiger partial charge on any atom is -0.295 e. The first-order valence-electron chi connectivity index (χ1n) is 8.33. The van der Waals surface area contributed by atoms with Crippen LogP contribution in [0.2, 0.25) is 0 Å². The maximum atomic E-state index is 13.1. The molecule has 0 aliphatic carbocycles. The summed E-state index contributed by atoms with van der Waals surface area (Å²) >= 11 is 0. The van der Waals surface area contributed by atoms with Gasteiger partial charge < -0.3 is 0 Å². The molecule has 24 heavy (non-hydrogen) atoms. The van der Waals surface area contributed by atoms with Crippen LogP contribution in [0.15, 0.2) is 30.5 Å². The number of carbonyl (C=O) groups is 3. The summed E-state index contributed by atoms with van der Waals surface area (Å²) in [4.78, 5) is 38.9. The van der Waals surface area contributed by atoms with E-state index in [0.717, 1.165) is 16.0 Å². The fourth-order valence-electron chi connectivity index (χ4n) is 4.43. The van der Waals surface area contributed by atoms with Crippen LogP contribution in [0.3, 0.4) is 0 Å². The molecule has 3 aliphatic rings. The predicted octanol–water partition coefficient (Wildman–Crippen LogP) is 0.483. The Morgan fingerprint density at radius 3 is 2.46 bits per heavy atom. The average molecular weight is 325 g/mol. The highest BCUT2D eigenvalue weighted by molar-refractivity contribution is 6.09. The summed E-state index contributed by atoms with van der Waals surface area (Å²) in [5, 5.41) is 2.45. The van der Waals surface area contributed by atoms with E-state index in [-0.39, 0.29) is 23.6 Å². The number of rotatable bonds is 1. The Balaban J connectivity index is 1.88. The van der Waals surface area contributed by atoms with E-state index in [2.05, 4.69) is 5.32 Å². The molecule has 2 amide bonds. The first-order valence-corrected chi connectivity index (χ1v) is 8.33. The lowest BCUT2D eigenvalue weighted by Gasteiger charge is -2.31. The molecule has 0 saturated carbocycles. The van der Waals surface area contributed by atoms with Gasteiger partial charge in [0.15, 0.2) is 11.8 Å². The van der Waals surface area contributed by atoms with Crippen LogP contribution in [0.1, 0.15) is 37.9 Å². The van der Waals surface area contributed by atoms with Gasteiger partial charge in [0.1, 0.15) is 17.9 Å². The van der Waals surface area contributed by atoms with E-state index in [1.54, 1.807) is 0 Å². The first kappa shape index (κ1) is 15.3. The summed E-state index contributed by atoms with van der Waals surface area (Å²) in [6, 6.07) is 7.21. The Labute approximate surface area is 140 Å². The normalized spacial score (nSPS) is 33.7. The van der Waals surface area contributed by atoms with Crippen LogP contribution in [0.4, 0.5) is 0 Å². The second kappa shape index (κ2) is 4.86. The van der Waals surface area contributed by atoms with Gasteiger partial charge in [-0.1, -0.05) is 45.0 Å². The van der Waals surface area contributed by atoms with Gasteiger partial charge in [-0.15, -0.1) is 0 Å². The number of amides is 2. The summed E-state index contributed by atoms with van der Waals surface area (Å²) in [6.45, 7) is 5.61. The van der Waals surface area contributed by atoms with E-state index in [9.17, 15) is 14.4 Å². The molecule has 1 unspecified atom stereocenters. The van der Waals surface area contributed by atoms with Crippen molar-refractivity contribution in [3.05, 3.63) is 41.6 Å². The van der Waals surface area contributed by atoms with Crippen molar-refractivity contribution in [3.8, 4) is 0 Å². The summed E-state index contributed by atoms with van der Waals surface area (Å²) in [7, 11) is 0. The summed E-state index contributed by atoms with van der Waals surface area (Å²) in [5.74, 6) is -1.58. The fourth-order valence-corrected chi connectivity index (χ4v) is 4.43. The van der Waals surface area contributed by atoms with Crippen LogP contribution in [-0.4, -0.2) is 23.6 Å². The maximum absolute atomic E-state index is 13.1. The van der Waals surface area contributed by atoms with Crippen molar-refractivity contribution >= 4 is 23.7 Å². The van der Waals surface area contributed by atoms with Gasteiger partial charge in [0.05, 0.1) is 6.20 Å². The largest absolute Gasteiger partial charge is 0.295 e. The Hall–Kier alpha value is -2.27. The Morgan fingerprint density at radius 1 is 1.08 bits per heavy atom. The van der Waals surface area contributed by atoms with E-state index in [0.29, 0.717) is 0 Å². The molecule has 1 aromatic carbocycles. The van der Waals surface area contributed by atoms with Crippen LogP contribution < -0.4 is 10.2 Å². The molecule has 2 fully saturated rings. The van der Waals surface area contributed by atoms with Crippen LogP contribution in [-0.2, 0) is 14.4 Å². The number of nitrogens with one attached hydrogen (secondary N) is 2. The second-order valence-electron chi connectivity index (χ2n) is 7.94. The lowest BCUT2D eigenvalue weighted by Crippen LogP contribution is -3.12. The highest BCUT2D eigenvalue weighted by Crippen LogP contribution is 2.41. The highest BCUT2D eigenvalue weighted by Gasteiger charge is 2.66.